The number of nitrogens with zero attached hydrogens (tertiary/aromatic N) is 3. The first-order chi connectivity index (χ1) is 15.7. The minimum atomic E-state index is -3.49. The van der Waals surface area contributed by atoms with Crippen molar-refractivity contribution in [1.82, 2.24) is 14.5 Å². The van der Waals surface area contributed by atoms with Gasteiger partial charge >= 0.3 is 5.69 Å². The number of imidazole rings is 1. The molecule has 0 aliphatic carbocycles. The van der Waals surface area contributed by atoms with E-state index in [1.807, 2.05) is 6.92 Å². The first kappa shape index (κ1) is 24.1. The third-order valence-electron chi connectivity index (χ3n) is 5.01. The quantitative estimate of drug-likeness (QED) is 0.451. The van der Waals surface area contributed by atoms with E-state index in [1.54, 1.807) is 37.5 Å². The Hall–Kier alpha value is -3.60. The zero-order valence-electron chi connectivity index (χ0n) is 18.9. The van der Waals surface area contributed by atoms with Gasteiger partial charge in [0.15, 0.2) is 17.1 Å². The molecule has 3 N–H and O–H groups in total. The Morgan fingerprint density at radius 2 is 2.09 bits per heavy atom. The number of pyridine rings is 1. The van der Waals surface area contributed by atoms with Gasteiger partial charge in [-0.15, -0.1) is 0 Å². The third-order valence-corrected chi connectivity index (χ3v) is 5.93. The molecule has 0 aliphatic rings. The van der Waals surface area contributed by atoms with Crippen LogP contribution in [-0.2, 0) is 9.84 Å². The van der Waals surface area contributed by atoms with Gasteiger partial charge in [0.2, 0.25) is 0 Å². The lowest BCUT2D eigenvalue weighted by Crippen LogP contribution is -2.28. The number of aliphatic imine (C=N–C) groups is 1. The second-order valence-corrected chi connectivity index (χ2v) is 9.50. The SMILES string of the molecule is CCOc1cc(C(CS(C)(=O)=O)n2c(=O)[nH]c3c(C(C=NC)=CN)ccnc32)ccc1OC. The third kappa shape index (κ3) is 5.08. The highest BCUT2D eigenvalue weighted by atomic mass is 32.2. The largest absolute Gasteiger partial charge is 0.493 e. The molecule has 0 saturated carbocycles. The van der Waals surface area contributed by atoms with Gasteiger partial charge in [-0.3, -0.25) is 9.56 Å². The summed E-state index contributed by atoms with van der Waals surface area (Å²) in [7, 11) is -0.364. The normalized spacial score (nSPS) is 13.5. The Bertz CT molecular complexity index is 1370. The van der Waals surface area contributed by atoms with Gasteiger partial charge in [0.05, 0.1) is 31.0 Å². The molecular formula is C22H27N5O5S. The Morgan fingerprint density at radius 3 is 2.70 bits per heavy atom. The molecule has 2 heterocycles. The molecule has 1 atom stereocenters. The van der Waals surface area contributed by atoms with E-state index in [-0.39, 0.29) is 5.75 Å². The second kappa shape index (κ2) is 9.90. The summed E-state index contributed by atoms with van der Waals surface area (Å²) in [5.41, 5.74) is 7.74. The lowest BCUT2D eigenvalue weighted by Gasteiger charge is -2.20. The summed E-state index contributed by atoms with van der Waals surface area (Å²) in [5, 5.41) is 0. The Labute approximate surface area is 191 Å². The van der Waals surface area contributed by atoms with Crippen LogP contribution in [0.3, 0.4) is 0 Å². The highest BCUT2D eigenvalue weighted by Gasteiger charge is 2.26. The monoisotopic (exact) mass is 473 g/mol. The lowest BCUT2D eigenvalue weighted by molar-refractivity contribution is 0.310. The summed E-state index contributed by atoms with van der Waals surface area (Å²) in [4.78, 5) is 24.3. The van der Waals surface area contributed by atoms with Crippen molar-refractivity contribution in [3.8, 4) is 11.5 Å². The van der Waals surface area contributed by atoms with E-state index in [9.17, 15) is 13.2 Å². The highest BCUT2D eigenvalue weighted by Crippen LogP contribution is 2.33. The molecule has 0 amide bonds. The molecule has 3 aromatic rings. The van der Waals surface area contributed by atoms with Crippen molar-refractivity contribution in [3.63, 3.8) is 0 Å². The zero-order valence-corrected chi connectivity index (χ0v) is 19.7. The molecule has 176 valence electrons. The van der Waals surface area contributed by atoms with Crippen molar-refractivity contribution in [2.75, 3.05) is 32.8 Å². The summed E-state index contributed by atoms with van der Waals surface area (Å²) in [6, 6.07) is 5.92. The fourth-order valence-corrected chi connectivity index (χ4v) is 4.58. The number of rotatable bonds is 9. The number of allylic oxidation sites excluding steroid dienone is 1. The van der Waals surface area contributed by atoms with E-state index in [0.717, 1.165) is 6.26 Å². The minimum Gasteiger partial charge on any atom is -0.493 e. The molecule has 3 rings (SSSR count). The molecule has 0 saturated heterocycles. The smallest absolute Gasteiger partial charge is 0.328 e. The van der Waals surface area contributed by atoms with Crippen LogP contribution in [0.1, 0.15) is 24.1 Å². The molecular weight excluding hydrogens is 446 g/mol. The van der Waals surface area contributed by atoms with Gasteiger partial charge in [-0.1, -0.05) is 6.07 Å². The fourth-order valence-electron chi connectivity index (χ4n) is 3.67. The molecule has 10 nitrogen and oxygen atoms in total. The van der Waals surface area contributed by atoms with Crippen LogP contribution in [0.5, 0.6) is 11.5 Å². The fraction of sp³-hybridized carbons (Fsp3) is 0.318. The van der Waals surface area contributed by atoms with Crippen LogP contribution >= 0.6 is 0 Å². The van der Waals surface area contributed by atoms with Crippen LogP contribution in [0.25, 0.3) is 16.7 Å². The maximum absolute atomic E-state index is 13.1. The maximum Gasteiger partial charge on any atom is 0.328 e. The number of hydrogen-bond donors (Lipinski definition) is 2. The van der Waals surface area contributed by atoms with Gasteiger partial charge in [-0.05, 0) is 30.7 Å². The lowest BCUT2D eigenvalue weighted by atomic mass is 10.1. The van der Waals surface area contributed by atoms with Crippen molar-refractivity contribution in [1.29, 1.82) is 0 Å². The molecule has 1 unspecified atom stereocenters. The van der Waals surface area contributed by atoms with Gasteiger partial charge in [0.25, 0.3) is 0 Å². The number of methoxy groups -OCH3 is 1. The van der Waals surface area contributed by atoms with Crippen LogP contribution in [0.15, 0.2) is 46.4 Å². The number of ether oxygens (including phenoxy) is 2. The number of H-pyrrole nitrogens is 1. The van der Waals surface area contributed by atoms with E-state index in [0.29, 0.717) is 46.0 Å². The van der Waals surface area contributed by atoms with Crippen LogP contribution < -0.4 is 20.9 Å². The van der Waals surface area contributed by atoms with Crippen molar-refractivity contribution in [2.24, 2.45) is 10.7 Å². The average Bonchev–Trinajstić information content (AvgIpc) is 3.11. The first-order valence-electron chi connectivity index (χ1n) is 10.2. The number of nitrogens with one attached hydrogen (secondary N) is 1. The number of sulfone groups is 1. The summed E-state index contributed by atoms with van der Waals surface area (Å²) in [5.74, 6) is 0.631. The Kier molecular flexibility index (Phi) is 7.22. The van der Waals surface area contributed by atoms with Gasteiger partial charge in [-0.2, -0.15) is 0 Å². The summed E-state index contributed by atoms with van der Waals surface area (Å²) < 4.78 is 37.0. The molecule has 33 heavy (non-hydrogen) atoms. The molecule has 11 heteroatoms. The number of aromatic nitrogens is 3. The van der Waals surface area contributed by atoms with Crippen LogP contribution in [0, 0.1) is 0 Å². The van der Waals surface area contributed by atoms with E-state index < -0.39 is 21.6 Å². The minimum absolute atomic E-state index is 0.295. The Balaban J connectivity index is 2.29. The van der Waals surface area contributed by atoms with E-state index in [4.69, 9.17) is 15.2 Å². The molecule has 0 fully saturated rings. The number of hydrogen-bond acceptors (Lipinski definition) is 8. The predicted octanol–water partition coefficient (Wildman–Crippen LogP) is 1.77. The highest BCUT2D eigenvalue weighted by molar-refractivity contribution is 7.90. The second-order valence-electron chi connectivity index (χ2n) is 7.32. The van der Waals surface area contributed by atoms with Crippen molar-refractivity contribution in [3.05, 3.63) is 58.3 Å². The van der Waals surface area contributed by atoms with Crippen LogP contribution in [-0.4, -0.2) is 61.9 Å². The van der Waals surface area contributed by atoms with Gasteiger partial charge < -0.3 is 20.2 Å². The molecule has 0 spiro atoms. The molecule has 0 aliphatic heterocycles. The molecule has 0 bridgehead atoms. The van der Waals surface area contributed by atoms with Gasteiger partial charge in [-0.25, -0.2) is 18.2 Å². The van der Waals surface area contributed by atoms with Crippen LogP contribution in [0.2, 0.25) is 0 Å². The first-order valence-corrected chi connectivity index (χ1v) is 12.2. The zero-order chi connectivity index (χ0) is 24.2. The van der Waals surface area contributed by atoms with E-state index >= 15 is 0 Å². The predicted molar refractivity (Wildman–Crippen MR) is 129 cm³/mol. The van der Waals surface area contributed by atoms with Crippen molar-refractivity contribution < 1.29 is 17.9 Å². The van der Waals surface area contributed by atoms with Crippen LogP contribution in [0.4, 0.5) is 0 Å². The average molecular weight is 474 g/mol. The van der Waals surface area contributed by atoms with Crippen molar-refractivity contribution in [2.45, 2.75) is 13.0 Å². The number of fused-ring (bicyclic) bond motifs is 1. The summed E-state index contributed by atoms with van der Waals surface area (Å²) >= 11 is 0. The molecule has 0 radical (unpaired) electrons. The molecule has 1 aromatic carbocycles. The topological polar surface area (TPSA) is 142 Å². The summed E-state index contributed by atoms with van der Waals surface area (Å²) in [6.07, 6.45) is 5.60. The van der Waals surface area contributed by atoms with E-state index in [1.165, 1.54) is 24.1 Å². The Morgan fingerprint density at radius 1 is 1.33 bits per heavy atom. The number of benzene rings is 1. The summed E-state index contributed by atoms with van der Waals surface area (Å²) in [6.45, 7) is 2.22. The standard InChI is InChI=1S/C22H27N5O5S/c1-5-32-19-10-14(6-7-18(19)31-3)17(13-33(4,29)30)27-21-20(26-22(27)28)16(8-9-25-21)15(11-23)12-24-2/h6-12,17H,5,13,23H2,1-4H3,(H,26,28). The number of nitrogens with two attached hydrogens (primary N) is 1. The number of aromatic amines is 1. The van der Waals surface area contributed by atoms with Gasteiger partial charge in [0, 0.05) is 43.1 Å². The van der Waals surface area contributed by atoms with Crippen molar-refractivity contribution >= 4 is 32.8 Å². The van der Waals surface area contributed by atoms with E-state index in [2.05, 4.69) is 15.0 Å². The van der Waals surface area contributed by atoms with Gasteiger partial charge in [0.1, 0.15) is 9.84 Å². The molecule has 2 aromatic heterocycles. The maximum atomic E-state index is 13.1.